The van der Waals surface area contributed by atoms with Crippen LogP contribution in [0.2, 0.25) is 0 Å². The molecule has 0 spiro atoms. The minimum Gasteiger partial charge on any atom is -0.0613 e. The summed E-state index contributed by atoms with van der Waals surface area (Å²) in [4.78, 5) is 0. The molecule has 0 fully saturated rings. The van der Waals surface area contributed by atoms with Crippen molar-refractivity contribution < 1.29 is 0 Å². The number of halogens is 1. The molecule has 0 aliphatic heterocycles. The van der Waals surface area contributed by atoms with Gasteiger partial charge in [0.15, 0.2) is 0 Å². The van der Waals surface area contributed by atoms with Crippen LogP contribution in [0.3, 0.4) is 0 Å². The van der Waals surface area contributed by atoms with E-state index in [4.69, 9.17) is 0 Å². The van der Waals surface area contributed by atoms with Crippen molar-refractivity contribution in [3.05, 3.63) is 68.8 Å². The van der Waals surface area contributed by atoms with Gasteiger partial charge in [0.1, 0.15) is 0 Å². The van der Waals surface area contributed by atoms with E-state index in [1.807, 2.05) is 0 Å². The van der Waals surface area contributed by atoms with Crippen LogP contribution in [0.4, 0.5) is 0 Å². The first-order chi connectivity index (χ1) is 8.28. The van der Waals surface area contributed by atoms with Crippen molar-refractivity contribution in [2.45, 2.75) is 13.3 Å². The van der Waals surface area contributed by atoms with Crippen LogP contribution in [0, 0.1) is 3.57 Å². The Bertz CT molecular complexity index is 492. The van der Waals surface area contributed by atoms with E-state index in [1.54, 1.807) is 0 Å². The maximum atomic E-state index is 2.32. The van der Waals surface area contributed by atoms with Gasteiger partial charge in [-0.05, 0) is 57.8 Å². The predicted molar refractivity (Wildman–Crippen MR) is 83.9 cm³/mol. The van der Waals surface area contributed by atoms with Gasteiger partial charge in [0, 0.05) is 3.57 Å². The highest BCUT2D eigenvalue weighted by atomic mass is 127. The van der Waals surface area contributed by atoms with Crippen molar-refractivity contribution in [1.29, 1.82) is 0 Å². The normalized spacial score (nSPS) is 10.9. The van der Waals surface area contributed by atoms with Gasteiger partial charge in [0.2, 0.25) is 0 Å². The molecule has 1 heteroatoms. The quantitative estimate of drug-likeness (QED) is 0.546. The Balaban J connectivity index is 2.11. The topological polar surface area (TPSA) is 0 Å². The number of hydrogen-bond acceptors (Lipinski definition) is 0. The van der Waals surface area contributed by atoms with Crippen LogP contribution < -0.4 is 0 Å². The SMILES string of the molecule is CCc1ccc(/C=C/c2ccc(I)cc2)cc1. The average molecular weight is 334 g/mol. The van der Waals surface area contributed by atoms with Crippen molar-refractivity contribution in [3.63, 3.8) is 0 Å². The van der Waals surface area contributed by atoms with Gasteiger partial charge in [0.05, 0.1) is 0 Å². The maximum Gasteiger partial charge on any atom is 0.0130 e. The van der Waals surface area contributed by atoms with Crippen LogP contribution in [-0.4, -0.2) is 0 Å². The lowest BCUT2D eigenvalue weighted by Gasteiger charge is -1.98. The Labute approximate surface area is 117 Å². The van der Waals surface area contributed by atoms with Gasteiger partial charge >= 0.3 is 0 Å². The van der Waals surface area contributed by atoms with Crippen molar-refractivity contribution in [3.8, 4) is 0 Å². The highest BCUT2D eigenvalue weighted by Crippen LogP contribution is 2.12. The monoisotopic (exact) mass is 334 g/mol. The molecule has 0 unspecified atom stereocenters. The summed E-state index contributed by atoms with van der Waals surface area (Å²) in [6.07, 6.45) is 5.40. The third-order valence-corrected chi connectivity index (χ3v) is 3.45. The molecule has 0 bridgehead atoms. The Morgan fingerprint density at radius 2 is 1.29 bits per heavy atom. The van der Waals surface area contributed by atoms with Crippen molar-refractivity contribution in [1.82, 2.24) is 0 Å². The summed E-state index contributed by atoms with van der Waals surface area (Å²) in [5, 5.41) is 0. The van der Waals surface area contributed by atoms with Gasteiger partial charge in [0.25, 0.3) is 0 Å². The van der Waals surface area contributed by atoms with E-state index in [0.29, 0.717) is 0 Å². The fraction of sp³-hybridized carbons (Fsp3) is 0.125. The summed E-state index contributed by atoms with van der Waals surface area (Å²) in [6, 6.07) is 17.2. The summed E-state index contributed by atoms with van der Waals surface area (Å²) in [6.45, 7) is 2.18. The first-order valence-corrected chi connectivity index (χ1v) is 6.88. The third-order valence-electron chi connectivity index (χ3n) is 2.73. The third kappa shape index (κ3) is 3.70. The Morgan fingerprint density at radius 3 is 1.76 bits per heavy atom. The van der Waals surface area contributed by atoms with E-state index in [9.17, 15) is 0 Å². The fourth-order valence-electron chi connectivity index (χ4n) is 1.63. The van der Waals surface area contributed by atoms with Crippen LogP contribution >= 0.6 is 22.6 Å². The maximum absolute atomic E-state index is 2.32. The summed E-state index contributed by atoms with van der Waals surface area (Å²) in [5.74, 6) is 0. The van der Waals surface area contributed by atoms with Crippen molar-refractivity contribution in [2.24, 2.45) is 0 Å². The lowest BCUT2D eigenvalue weighted by molar-refractivity contribution is 1.14. The van der Waals surface area contributed by atoms with Crippen LogP contribution in [-0.2, 0) is 6.42 Å². The molecule has 86 valence electrons. The largest absolute Gasteiger partial charge is 0.0613 e. The predicted octanol–water partition coefficient (Wildman–Crippen LogP) is 5.02. The van der Waals surface area contributed by atoms with Gasteiger partial charge in [-0.2, -0.15) is 0 Å². The molecule has 0 aliphatic carbocycles. The zero-order valence-electron chi connectivity index (χ0n) is 9.86. The second kappa shape index (κ2) is 6.01. The Morgan fingerprint density at radius 1 is 0.824 bits per heavy atom. The first-order valence-electron chi connectivity index (χ1n) is 5.80. The molecule has 0 radical (unpaired) electrons. The summed E-state index contributed by atoms with van der Waals surface area (Å²) in [7, 11) is 0. The van der Waals surface area contributed by atoms with Crippen LogP contribution in [0.1, 0.15) is 23.6 Å². The molecule has 17 heavy (non-hydrogen) atoms. The van der Waals surface area contributed by atoms with E-state index in [0.717, 1.165) is 6.42 Å². The molecular formula is C16H15I. The molecule has 0 N–H and O–H groups in total. The molecule has 0 saturated carbocycles. The van der Waals surface area contributed by atoms with E-state index in [1.165, 1.54) is 20.3 Å². The standard InChI is InChI=1S/C16H15I/c1-2-13-3-5-14(6-4-13)7-8-15-9-11-16(17)12-10-15/h3-12H,2H2,1H3/b8-7+. The smallest absolute Gasteiger partial charge is 0.0130 e. The summed E-state index contributed by atoms with van der Waals surface area (Å²) < 4.78 is 1.27. The number of rotatable bonds is 3. The molecule has 2 aromatic rings. The number of benzene rings is 2. The summed E-state index contributed by atoms with van der Waals surface area (Å²) >= 11 is 2.32. The van der Waals surface area contributed by atoms with Gasteiger partial charge in [-0.3, -0.25) is 0 Å². The lowest BCUT2D eigenvalue weighted by atomic mass is 10.1. The molecule has 2 aromatic carbocycles. The number of hydrogen-bond donors (Lipinski definition) is 0. The minimum atomic E-state index is 1.10. The van der Waals surface area contributed by atoms with E-state index in [2.05, 4.69) is 90.2 Å². The van der Waals surface area contributed by atoms with Crippen LogP contribution in [0.5, 0.6) is 0 Å². The molecule has 0 atom stereocenters. The molecule has 0 amide bonds. The van der Waals surface area contributed by atoms with E-state index >= 15 is 0 Å². The second-order valence-corrected chi connectivity index (χ2v) is 5.23. The van der Waals surface area contributed by atoms with Crippen molar-refractivity contribution >= 4 is 34.7 Å². The summed E-state index contributed by atoms with van der Waals surface area (Å²) in [5.41, 5.74) is 3.88. The van der Waals surface area contributed by atoms with Gasteiger partial charge in [-0.1, -0.05) is 55.5 Å². The second-order valence-electron chi connectivity index (χ2n) is 3.98. The lowest BCUT2D eigenvalue weighted by Crippen LogP contribution is -1.79. The van der Waals surface area contributed by atoms with Gasteiger partial charge in [-0.25, -0.2) is 0 Å². The van der Waals surface area contributed by atoms with Crippen LogP contribution in [0.25, 0.3) is 12.2 Å². The molecule has 0 aromatic heterocycles. The fourth-order valence-corrected chi connectivity index (χ4v) is 1.99. The molecular weight excluding hydrogens is 319 g/mol. The molecule has 0 nitrogen and oxygen atoms in total. The average Bonchev–Trinajstić information content (AvgIpc) is 2.39. The van der Waals surface area contributed by atoms with Crippen molar-refractivity contribution in [2.75, 3.05) is 0 Å². The Hall–Kier alpha value is -1.09. The zero-order valence-corrected chi connectivity index (χ0v) is 12.0. The molecule has 0 saturated heterocycles. The minimum absolute atomic E-state index is 1.10. The highest BCUT2D eigenvalue weighted by Gasteiger charge is 1.90. The number of aryl methyl sites for hydroxylation is 1. The van der Waals surface area contributed by atoms with Gasteiger partial charge < -0.3 is 0 Å². The van der Waals surface area contributed by atoms with Crippen LogP contribution in [0.15, 0.2) is 48.5 Å². The molecule has 0 heterocycles. The molecule has 0 aliphatic rings. The Kier molecular flexibility index (Phi) is 4.37. The highest BCUT2D eigenvalue weighted by molar-refractivity contribution is 14.1. The zero-order chi connectivity index (χ0) is 12.1. The van der Waals surface area contributed by atoms with E-state index < -0.39 is 0 Å². The molecule has 2 rings (SSSR count). The van der Waals surface area contributed by atoms with Gasteiger partial charge in [-0.15, -0.1) is 0 Å². The first kappa shape index (κ1) is 12.4. The van der Waals surface area contributed by atoms with E-state index in [-0.39, 0.29) is 0 Å².